The van der Waals surface area contributed by atoms with Gasteiger partial charge in [0, 0.05) is 12.6 Å². The quantitative estimate of drug-likeness (QED) is 0.734. The van der Waals surface area contributed by atoms with E-state index in [2.05, 4.69) is 24.1 Å². The zero-order chi connectivity index (χ0) is 13.5. The van der Waals surface area contributed by atoms with Gasteiger partial charge in [-0.1, -0.05) is 13.8 Å². The number of ether oxygens (including phenoxy) is 1. The van der Waals surface area contributed by atoms with Crippen LogP contribution in [0.1, 0.15) is 40.5 Å². The summed E-state index contributed by atoms with van der Waals surface area (Å²) in [5.74, 6) is 0.563. The van der Waals surface area contributed by atoms with Gasteiger partial charge in [-0.25, -0.2) is 0 Å². The Bertz CT molecular complexity index is 256. The van der Waals surface area contributed by atoms with E-state index in [4.69, 9.17) is 4.74 Å². The highest BCUT2D eigenvalue weighted by molar-refractivity contribution is 5.75. The summed E-state index contributed by atoms with van der Waals surface area (Å²) in [5, 5.41) is 3.49. The Hall–Kier alpha value is -0.610. The minimum Gasteiger partial charge on any atom is -0.465 e. The second-order valence-corrected chi connectivity index (χ2v) is 5.49. The molecule has 4 nitrogen and oxygen atoms in total. The first-order valence-corrected chi connectivity index (χ1v) is 7.18. The van der Waals surface area contributed by atoms with Crippen molar-refractivity contribution in [3.8, 4) is 0 Å². The first kappa shape index (κ1) is 15.4. The minimum atomic E-state index is -0.105. The summed E-state index contributed by atoms with van der Waals surface area (Å²) in [6.07, 6.45) is 2.43. The average molecular weight is 256 g/mol. The van der Waals surface area contributed by atoms with Crippen molar-refractivity contribution in [1.29, 1.82) is 0 Å². The number of hydrogen-bond donors (Lipinski definition) is 1. The molecule has 2 atom stereocenters. The molecule has 0 aromatic rings. The summed E-state index contributed by atoms with van der Waals surface area (Å²) < 4.78 is 5.09. The van der Waals surface area contributed by atoms with Crippen LogP contribution in [0, 0.1) is 5.92 Å². The highest BCUT2D eigenvalue weighted by Gasteiger charge is 2.27. The first-order chi connectivity index (χ1) is 8.54. The van der Waals surface area contributed by atoms with E-state index in [0.717, 1.165) is 19.6 Å². The van der Waals surface area contributed by atoms with Gasteiger partial charge in [0.2, 0.25) is 0 Å². The van der Waals surface area contributed by atoms with Crippen molar-refractivity contribution in [3.63, 3.8) is 0 Å². The largest absolute Gasteiger partial charge is 0.465 e. The van der Waals surface area contributed by atoms with Crippen LogP contribution in [0.4, 0.5) is 0 Å². The third-order valence-corrected chi connectivity index (χ3v) is 3.54. The molecule has 0 aromatic heterocycles. The molecule has 1 saturated heterocycles. The molecule has 1 rings (SSSR count). The van der Waals surface area contributed by atoms with Crippen LogP contribution in [0.25, 0.3) is 0 Å². The predicted octanol–water partition coefficient (Wildman–Crippen LogP) is 1.65. The van der Waals surface area contributed by atoms with Crippen LogP contribution in [-0.2, 0) is 9.53 Å². The molecule has 1 aliphatic heterocycles. The molecule has 2 unspecified atom stereocenters. The molecular weight excluding hydrogens is 228 g/mol. The van der Waals surface area contributed by atoms with E-state index in [-0.39, 0.29) is 12.0 Å². The molecule has 0 bridgehead atoms. The van der Waals surface area contributed by atoms with E-state index >= 15 is 0 Å². The number of hydrogen-bond acceptors (Lipinski definition) is 4. The molecule has 0 aromatic carbocycles. The maximum atomic E-state index is 11.7. The van der Waals surface area contributed by atoms with Crippen LogP contribution < -0.4 is 5.32 Å². The number of likely N-dealkylation sites (tertiary alicyclic amines) is 1. The normalized spacial score (nSPS) is 23.1. The van der Waals surface area contributed by atoms with Gasteiger partial charge in [0.05, 0.1) is 6.61 Å². The number of piperidine rings is 1. The van der Waals surface area contributed by atoms with Crippen LogP contribution in [-0.4, -0.2) is 49.2 Å². The fraction of sp³-hybridized carbons (Fsp3) is 0.929. The molecule has 0 aliphatic carbocycles. The van der Waals surface area contributed by atoms with E-state index in [1.54, 1.807) is 0 Å². The number of nitrogens with zero attached hydrogens (tertiary/aromatic N) is 1. The molecule has 0 radical (unpaired) electrons. The first-order valence-electron chi connectivity index (χ1n) is 7.18. The maximum absolute atomic E-state index is 11.7. The molecule has 1 fully saturated rings. The van der Waals surface area contributed by atoms with Crippen molar-refractivity contribution < 1.29 is 9.53 Å². The number of esters is 1. The van der Waals surface area contributed by atoms with Crippen molar-refractivity contribution in [2.24, 2.45) is 5.92 Å². The number of carbonyl (C=O) groups is 1. The SMILES string of the molecule is CCOC(=O)C(C)N1CCCC(CNC(C)C)C1. The van der Waals surface area contributed by atoms with E-state index < -0.39 is 0 Å². The molecule has 1 aliphatic rings. The summed E-state index contributed by atoms with van der Waals surface area (Å²) in [6.45, 7) is 11.7. The average Bonchev–Trinajstić information content (AvgIpc) is 2.36. The highest BCUT2D eigenvalue weighted by Crippen LogP contribution is 2.18. The van der Waals surface area contributed by atoms with Gasteiger partial charge in [0.1, 0.15) is 6.04 Å². The van der Waals surface area contributed by atoms with Crippen molar-refractivity contribution >= 4 is 5.97 Å². The number of carbonyl (C=O) groups excluding carboxylic acids is 1. The summed E-state index contributed by atoms with van der Waals surface area (Å²) in [4.78, 5) is 14.0. The highest BCUT2D eigenvalue weighted by atomic mass is 16.5. The standard InChI is InChI=1S/C14H28N2O2/c1-5-18-14(17)12(4)16-8-6-7-13(10-16)9-15-11(2)3/h11-13,15H,5-10H2,1-4H3. The maximum Gasteiger partial charge on any atom is 0.323 e. The molecule has 0 saturated carbocycles. The summed E-state index contributed by atoms with van der Waals surface area (Å²) in [7, 11) is 0. The Labute approximate surface area is 111 Å². The van der Waals surface area contributed by atoms with Gasteiger partial charge in [-0.3, -0.25) is 9.69 Å². The molecule has 1 N–H and O–H groups in total. The minimum absolute atomic E-state index is 0.0880. The Morgan fingerprint density at radius 3 is 2.78 bits per heavy atom. The Kier molecular flexibility index (Phi) is 6.65. The van der Waals surface area contributed by atoms with E-state index in [1.165, 1.54) is 12.8 Å². The van der Waals surface area contributed by atoms with Gasteiger partial charge >= 0.3 is 5.97 Å². The van der Waals surface area contributed by atoms with Crippen LogP contribution in [0.5, 0.6) is 0 Å². The Morgan fingerprint density at radius 2 is 2.17 bits per heavy atom. The lowest BCUT2D eigenvalue weighted by molar-refractivity contribution is -0.149. The fourth-order valence-electron chi connectivity index (χ4n) is 2.43. The predicted molar refractivity (Wildman–Crippen MR) is 73.5 cm³/mol. The zero-order valence-electron chi connectivity index (χ0n) is 12.2. The molecule has 4 heteroatoms. The molecule has 1 heterocycles. The Morgan fingerprint density at radius 1 is 1.44 bits per heavy atom. The van der Waals surface area contributed by atoms with Gasteiger partial charge in [0.15, 0.2) is 0 Å². The third-order valence-electron chi connectivity index (χ3n) is 3.54. The van der Waals surface area contributed by atoms with Crippen molar-refractivity contribution in [2.45, 2.75) is 52.6 Å². The molecule has 0 spiro atoms. The second-order valence-electron chi connectivity index (χ2n) is 5.49. The van der Waals surface area contributed by atoms with Crippen LogP contribution in [0.2, 0.25) is 0 Å². The fourth-order valence-corrected chi connectivity index (χ4v) is 2.43. The molecule has 18 heavy (non-hydrogen) atoms. The third kappa shape index (κ3) is 4.94. The number of rotatable bonds is 6. The van der Waals surface area contributed by atoms with Crippen molar-refractivity contribution in [3.05, 3.63) is 0 Å². The Balaban J connectivity index is 2.40. The van der Waals surface area contributed by atoms with E-state index in [1.807, 2.05) is 13.8 Å². The lowest BCUT2D eigenvalue weighted by Gasteiger charge is -2.36. The summed E-state index contributed by atoms with van der Waals surface area (Å²) >= 11 is 0. The molecule has 106 valence electrons. The number of nitrogens with one attached hydrogen (secondary N) is 1. The summed E-state index contributed by atoms with van der Waals surface area (Å²) in [6, 6.07) is 0.426. The van der Waals surface area contributed by atoms with Crippen molar-refractivity contribution in [1.82, 2.24) is 10.2 Å². The topological polar surface area (TPSA) is 41.6 Å². The lowest BCUT2D eigenvalue weighted by atomic mass is 9.96. The van der Waals surface area contributed by atoms with Crippen molar-refractivity contribution in [2.75, 3.05) is 26.2 Å². The van der Waals surface area contributed by atoms with Crippen LogP contribution in [0.3, 0.4) is 0 Å². The molecule has 0 amide bonds. The monoisotopic (exact) mass is 256 g/mol. The van der Waals surface area contributed by atoms with E-state index in [9.17, 15) is 4.79 Å². The zero-order valence-corrected chi connectivity index (χ0v) is 12.2. The van der Waals surface area contributed by atoms with Crippen LogP contribution >= 0.6 is 0 Å². The lowest BCUT2D eigenvalue weighted by Crippen LogP contribution is -2.48. The second kappa shape index (κ2) is 7.74. The van der Waals surface area contributed by atoms with E-state index in [0.29, 0.717) is 18.6 Å². The van der Waals surface area contributed by atoms with Gasteiger partial charge < -0.3 is 10.1 Å². The van der Waals surface area contributed by atoms with Crippen LogP contribution in [0.15, 0.2) is 0 Å². The van der Waals surface area contributed by atoms with Gasteiger partial charge in [-0.15, -0.1) is 0 Å². The van der Waals surface area contributed by atoms with Gasteiger partial charge in [0.25, 0.3) is 0 Å². The van der Waals surface area contributed by atoms with Gasteiger partial charge in [-0.05, 0) is 45.7 Å². The van der Waals surface area contributed by atoms with Gasteiger partial charge in [-0.2, -0.15) is 0 Å². The molecular formula is C14H28N2O2. The smallest absolute Gasteiger partial charge is 0.323 e. The summed E-state index contributed by atoms with van der Waals surface area (Å²) in [5.41, 5.74) is 0.